The summed E-state index contributed by atoms with van der Waals surface area (Å²) in [5.74, 6) is 0.707. The summed E-state index contributed by atoms with van der Waals surface area (Å²) in [4.78, 5) is 25.0. The van der Waals surface area contributed by atoms with Crippen LogP contribution < -0.4 is 5.56 Å². The summed E-state index contributed by atoms with van der Waals surface area (Å²) < 4.78 is 0. The largest absolute Gasteiger partial charge is 0.361 e. The van der Waals surface area contributed by atoms with Crippen molar-refractivity contribution in [1.29, 1.82) is 0 Å². The maximum Gasteiger partial charge on any atom is 0.255 e. The van der Waals surface area contributed by atoms with E-state index in [9.17, 15) is 4.79 Å². The second-order valence-electron chi connectivity index (χ2n) is 5.65. The predicted molar refractivity (Wildman–Crippen MR) is 77.7 cm³/mol. The van der Waals surface area contributed by atoms with Crippen LogP contribution in [0.5, 0.6) is 0 Å². The molecule has 0 saturated heterocycles. The van der Waals surface area contributed by atoms with Crippen LogP contribution in [0, 0.1) is 20.8 Å². The maximum absolute atomic E-state index is 12.0. The van der Waals surface area contributed by atoms with Gasteiger partial charge in [0.05, 0.1) is 11.3 Å². The molecule has 0 aliphatic carbocycles. The summed E-state index contributed by atoms with van der Waals surface area (Å²) in [6.07, 6.45) is 0.846. The molecule has 2 aromatic rings. The fourth-order valence-electron chi connectivity index (χ4n) is 2.91. The first-order valence-electron chi connectivity index (χ1n) is 6.99. The van der Waals surface area contributed by atoms with Crippen molar-refractivity contribution < 1.29 is 0 Å². The molecule has 5 nitrogen and oxygen atoms in total. The highest BCUT2D eigenvalue weighted by Gasteiger charge is 2.21. The molecule has 1 aliphatic rings. The Bertz CT molecular complexity index is 698. The molecule has 0 amide bonds. The number of hydrogen-bond donors (Lipinski definition) is 2. The SMILES string of the molecule is Cc1cc(C)c(CN2CCc3nc(C)[nH]c(=O)c3C2)[nH]1. The number of aromatic nitrogens is 3. The van der Waals surface area contributed by atoms with Crippen molar-refractivity contribution in [3.05, 3.63) is 50.5 Å². The van der Waals surface area contributed by atoms with E-state index in [0.717, 1.165) is 30.8 Å². The number of aromatic amines is 2. The fraction of sp³-hybridized carbons (Fsp3) is 0.467. The molecular weight excluding hydrogens is 252 g/mol. The van der Waals surface area contributed by atoms with E-state index >= 15 is 0 Å². The molecule has 0 bridgehead atoms. The number of rotatable bonds is 2. The first kappa shape index (κ1) is 13.1. The Labute approximate surface area is 118 Å². The molecule has 106 valence electrons. The van der Waals surface area contributed by atoms with Crippen LogP contribution in [-0.2, 0) is 19.5 Å². The number of nitrogens with zero attached hydrogens (tertiary/aromatic N) is 2. The van der Waals surface area contributed by atoms with Gasteiger partial charge in [0.1, 0.15) is 5.82 Å². The third-order valence-corrected chi connectivity index (χ3v) is 3.90. The van der Waals surface area contributed by atoms with E-state index in [0.29, 0.717) is 12.4 Å². The molecule has 0 atom stereocenters. The van der Waals surface area contributed by atoms with E-state index in [1.807, 2.05) is 6.92 Å². The summed E-state index contributed by atoms with van der Waals surface area (Å²) >= 11 is 0. The quantitative estimate of drug-likeness (QED) is 0.872. The number of nitrogens with one attached hydrogen (secondary N) is 2. The molecule has 0 fully saturated rings. The Morgan fingerprint density at radius 2 is 2.10 bits per heavy atom. The minimum atomic E-state index is 0.0107. The van der Waals surface area contributed by atoms with Crippen molar-refractivity contribution >= 4 is 0 Å². The van der Waals surface area contributed by atoms with Crippen LogP contribution in [0.25, 0.3) is 0 Å². The molecule has 0 aromatic carbocycles. The Hall–Kier alpha value is -1.88. The molecule has 2 aromatic heterocycles. The normalized spacial score (nSPS) is 15.3. The predicted octanol–water partition coefficient (Wildman–Crippen LogP) is 1.58. The average molecular weight is 272 g/mol. The molecule has 5 heteroatoms. The second kappa shape index (κ2) is 4.90. The van der Waals surface area contributed by atoms with Crippen molar-refractivity contribution in [2.75, 3.05) is 6.54 Å². The lowest BCUT2D eigenvalue weighted by Crippen LogP contribution is -2.35. The highest BCUT2D eigenvalue weighted by molar-refractivity contribution is 5.25. The van der Waals surface area contributed by atoms with Gasteiger partial charge >= 0.3 is 0 Å². The van der Waals surface area contributed by atoms with Gasteiger partial charge in [0.2, 0.25) is 0 Å². The molecule has 0 spiro atoms. The highest BCUT2D eigenvalue weighted by Crippen LogP contribution is 2.18. The first-order valence-corrected chi connectivity index (χ1v) is 6.99. The zero-order valence-electron chi connectivity index (χ0n) is 12.2. The zero-order valence-corrected chi connectivity index (χ0v) is 12.2. The van der Waals surface area contributed by atoms with Crippen molar-refractivity contribution in [3.8, 4) is 0 Å². The first-order chi connectivity index (χ1) is 9.52. The Morgan fingerprint density at radius 1 is 1.30 bits per heavy atom. The van der Waals surface area contributed by atoms with Gasteiger partial charge in [-0.3, -0.25) is 9.69 Å². The lowest BCUT2D eigenvalue weighted by Gasteiger charge is -2.27. The minimum Gasteiger partial charge on any atom is -0.361 e. The van der Waals surface area contributed by atoms with Gasteiger partial charge in [-0.2, -0.15) is 0 Å². The highest BCUT2D eigenvalue weighted by atomic mass is 16.1. The van der Waals surface area contributed by atoms with Gasteiger partial charge in [0, 0.05) is 37.4 Å². The van der Waals surface area contributed by atoms with Gasteiger partial charge < -0.3 is 9.97 Å². The van der Waals surface area contributed by atoms with Crippen molar-refractivity contribution in [2.24, 2.45) is 0 Å². The standard InChI is InChI=1S/C15H20N4O/c1-9-6-10(2)16-14(9)8-19-5-4-13-12(7-19)15(20)18-11(3)17-13/h6,16H,4-5,7-8H2,1-3H3,(H,17,18,20). The Balaban J connectivity index is 1.82. The zero-order chi connectivity index (χ0) is 14.3. The molecule has 20 heavy (non-hydrogen) atoms. The van der Waals surface area contributed by atoms with E-state index in [2.05, 4.69) is 39.8 Å². The van der Waals surface area contributed by atoms with Crippen LogP contribution in [0.2, 0.25) is 0 Å². The van der Waals surface area contributed by atoms with E-state index in [-0.39, 0.29) is 5.56 Å². The van der Waals surface area contributed by atoms with Gasteiger partial charge in [-0.25, -0.2) is 4.98 Å². The molecule has 3 heterocycles. The third kappa shape index (κ3) is 2.41. The Morgan fingerprint density at radius 3 is 2.80 bits per heavy atom. The fourth-order valence-corrected chi connectivity index (χ4v) is 2.91. The van der Waals surface area contributed by atoms with Crippen molar-refractivity contribution in [1.82, 2.24) is 19.9 Å². The van der Waals surface area contributed by atoms with Crippen LogP contribution in [0.3, 0.4) is 0 Å². The van der Waals surface area contributed by atoms with Gasteiger partial charge in [-0.15, -0.1) is 0 Å². The minimum absolute atomic E-state index is 0.0107. The molecule has 1 aliphatic heterocycles. The van der Waals surface area contributed by atoms with Gasteiger partial charge in [-0.1, -0.05) is 0 Å². The number of aryl methyl sites for hydroxylation is 3. The lowest BCUT2D eigenvalue weighted by molar-refractivity contribution is 0.238. The summed E-state index contributed by atoms with van der Waals surface area (Å²) in [6, 6.07) is 2.16. The van der Waals surface area contributed by atoms with Crippen LogP contribution in [0.4, 0.5) is 0 Å². The summed E-state index contributed by atoms with van der Waals surface area (Å²) in [6.45, 7) is 8.50. The van der Waals surface area contributed by atoms with Gasteiger partial charge in [-0.05, 0) is 32.4 Å². The summed E-state index contributed by atoms with van der Waals surface area (Å²) in [5, 5.41) is 0. The van der Waals surface area contributed by atoms with Crippen LogP contribution >= 0.6 is 0 Å². The van der Waals surface area contributed by atoms with Crippen molar-refractivity contribution in [3.63, 3.8) is 0 Å². The smallest absolute Gasteiger partial charge is 0.255 e. The molecular formula is C15H20N4O. The second-order valence-corrected chi connectivity index (χ2v) is 5.65. The van der Waals surface area contributed by atoms with Crippen LogP contribution in [-0.4, -0.2) is 26.4 Å². The number of fused-ring (bicyclic) bond motifs is 1. The van der Waals surface area contributed by atoms with E-state index in [4.69, 9.17) is 0 Å². The molecule has 0 unspecified atom stereocenters. The summed E-state index contributed by atoms with van der Waals surface area (Å²) in [5.41, 5.74) is 5.50. The molecule has 0 radical (unpaired) electrons. The summed E-state index contributed by atoms with van der Waals surface area (Å²) in [7, 11) is 0. The van der Waals surface area contributed by atoms with Crippen LogP contribution in [0.15, 0.2) is 10.9 Å². The third-order valence-electron chi connectivity index (χ3n) is 3.90. The topological polar surface area (TPSA) is 64.8 Å². The number of hydrogen-bond acceptors (Lipinski definition) is 3. The van der Waals surface area contributed by atoms with E-state index in [1.165, 1.54) is 17.0 Å². The average Bonchev–Trinajstić information content (AvgIpc) is 2.68. The molecule has 2 N–H and O–H groups in total. The number of H-pyrrole nitrogens is 2. The monoisotopic (exact) mass is 272 g/mol. The van der Waals surface area contributed by atoms with Gasteiger partial charge in [0.25, 0.3) is 5.56 Å². The van der Waals surface area contributed by atoms with Gasteiger partial charge in [0.15, 0.2) is 0 Å². The van der Waals surface area contributed by atoms with Crippen LogP contribution in [0.1, 0.15) is 34.0 Å². The lowest BCUT2D eigenvalue weighted by atomic mass is 10.1. The maximum atomic E-state index is 12.0. The Kier molecular flexibility index (Phi) is 3.22. The molecule has 3 rings (SSSR count). The van der Waals surface area contributed by atoms with E-state index in [1.54, 1.807) is 0 Å². The molecule has 0 saturated carbocycles. The van der Waals surface area contributed by atoms with Crippen molar-refractivity contribution in [2.45, 2.75) is 40.3 Å². The van der Waals surface area contributed by atoms with E-state index < -0.39 is 0 Å².